The van der Waals surface area contributed by atoms with Crippen LogP contribution in [0.1, 0.15) is 27.8 Å². The molecule has 124 valence electrons. The smallest absolute Gasteiger partial charge is 0.207 e. The van der Waals surface area contributed by atoms with E-state index in [9.17, 15) is 12.8 Å². The highest BCUT2D eigenvalue weighted by atomic mass is 32.2. The first-order valence-corrected chi connectivity index (χ1v) is 8.86. The lowest BCUT2D eigenvalue weighted by Gasteiger charge is -2.22. The zero-order valence-electron chi connectivity index (χ0n) is 14.1. The highest BCUT2D eigenvalue weighted by molar-refractivity contribution is 7.89. The quantitative estimate of drug-likeness (QED) is 0.850. The van der Waals surface area contributed by atoms with Crippen LogP contribution in [0.25, 0.3) is 0 Å². The highest BCUT2D eigenvalue weighted by Gasteiger charge is 2.26. The van der Waals surface area contributed by atoms with Gasteiger partial charge in [0, 0.05) is 13.6 Å². The van der Waals surface area contributed by atoms with Crippen molar-refractivity contribution in [3.05, 3.63) is 64.0 Å². The summed E-state index contributed by atoms with van der Waals surface area (Å²) < 4.78 is 40.3. The lowest BCUT2D eigenvalue weighted by Crippen LogP contribution is -2.28. The van der Waals surface area contributed by atoms with Crippen molar-refractivity contribution in [1.82, 2.24) is 4.31 Å². The molecule has 0 saturated heterocycles. The fourth-order valence-corrected chi connectivity index (χ4v) is 4.38. The third-order valence-corrected chi connectivity index (χ3v) is 6.36. The molecule has 5 heteroatoms. The number of nitrogens with zero attached hydrogens (tertiary/aromatic N) is 1. The predicted octanol–water partition coefficient (Wildman–Crippen LogP) is 3.88. The van der Waals surface area contributed by atoms with E-state index in [2.05, 4.69) is 0 Å². The molecule has 0 atom stereocenters. The Morgan fingerprint density at radius 1 is 0.957 bits per heavy atom. The SMILES string of the molecule is Cc1cc(C)c(C)c(S(=O)(=O)N(C)Cc2ccc(F)cc2)c1C. The summed E-state index contributed by atoms with van der Waals surface area (Å²) in [6.07, 6.45) is 0. The van der Waals surface area contributed by atoms with Crippen molar-refractivity contribution in [3.63, 3.8) is 0 Å². The molecule has 0 aliphatic carbocycles. The number of hydrogen-bond donors (Lipinski definition) is 0. The number of sulfonamides is 1. The summed E-state index contributed by atoms with van der Waals surface area (Å²) in [5, 5.41) is 0. The summed E-state index contributed by atoms with van der Waals surface area (Å²) in [5.41, 5.74) is 4.22. The average molecular weight is 335 g/mol. The van der Waals surface area contributed by atoms with E-state index in [1.807, 2.05) is 33.8 Å². The van der Waals surface area contributed by atoms with Gasteiger partial charge < -0.3 is 0 Å². The minimum absolute atomic E-state index is 0.203. The molecule has 0 amide bonds. The van der Waals surface area contributed by atoms with E-state index < -0.39 is 10.0 Å². The molecule has 0 aliphatic heterocycles. The Kier molecular flexibility index (Phi) is 4.92. The summed E-state index contributed by atoms with van der Waals surface area (Å²) in [4.78, 5) is 0.375. The Bertz CT molecular complexity index is 801. The largest absolute Gasteiger partial charge is 0.243 e. The number of aryl methyl sites for hydroxylation is 2. The molecular weight excluding hydrogens is 313 g/mol. The Labute approximate surface area is 137 Å². The molecule has 0 N–H and O–H groups in total. The van der Waals surface area contributed by atoms with Crippen LogP contribution in [0.4, 0.5) is 4.39 Å². The summed E-state index contributed by atoms with van der Waals surface area (Å²) in [6.45, 7) is 7.71. The number of benzene rings is 2. The van der Waals surface area contributed by atoms with Crippen LogP contribution in [0.15, 0.2) is 35.2 Å². The van der Waals surface area contributed by atoms with Gasteiger partial charge in [0.05, 0.1) is 4.90 Å². The number of hydrogen-bond acceptors (Lipinski definition) is 2. The lowest BCUT2D eigenvalue weighted by atomic mass is 10.0. The van der Waals surface area contributed by atoms with Crippen molar-refractivity contribution in [2.75, 3.05) is 7.05 Å². The van der Waals surface area contributed by atoms with Crippen molar-refractivity contribution in [2.24, 2.45) is 0 Å². The van der Waals surface area contributed by atoms with Gasteiger partial charge in [0.15, 0.2) is 0 Å². The first-order chi connectivity index (χ1) is 10.6. The third kappa shape index (κ3) is 3.46. The molecule has 2 aromatic carbocycles. The standard InChI is InChI=1S/C18H22FNO2S/c1-12-10-13(2)15(4)18(14(12)3)23(21,22)20(5)11-16-6-8-17(19)9-7-16/h6-10H,11H2,1-5H3. The molecule has 0 radical (unpaired) electrons. The van der Waals surface area contributed by atoms with Gasteiger partial charge in [-0.3, -0.25) is 0 Å². The minimum atomic E-state index is -3.61. The van der Waals surface area contributed by atoms with Gasteiger partial charge in [-0.2, -0.15) is 4.31 Å². The molecule has 0 spiro atoms. The maximum Gasteiger partial charge on any atom is 0.243 e. The minimum Gasteiger partial charge on any atom is -0.207 e. The molecule has 3 nitrogen and oxygen atoms in total. The fourth-order valence-electron chi connectivity index (χ4n) is 2.66. The molecule has 0 unspecified atom stereocenters. The normalized spacial score (nSPS) is 12.0. The highest BCUT2D eigenvalue weighted by Crippen LogP contribution is 2.28. The Hall–Kier alpha value is -1.72. The third-order valence-electron chi connectivity index (χ3n) is 4.28. The van der Waals surface area contributed by atoms with Gasteiger partial charge in [0.2, 0.25) is 10.0 Å². The van der Waals surface area contributed by atoms with Crippen LogP contribution in [-0.4, -0.2) is 19.8 Å². The second kappa shape index (κ2) is 6.42. The summed E-state index contributed by atoms with van der Waals surface area (Å²) in [6, 6.07) is 7.88. The second-order valence-corrected chi connectivity index (χ2v) is 7.96. The average Bonchev–Trinajstić information content (AvgIpc) is 2.47. The van der Waals surface area contributed by atoms with Gasteiger partial charge in [0.25, 0.3) is 0 Å². The van der Waals surface area contributed by atoms with Crippen molar-refractivity contribution in [3.8, 4) is 0 Å². The summed E-state index contributed by atoms with van der Waals surface area (Å²) in [7, 11) is -2.06. The molecule has 0 aromatic heterocycles. The van der Waals surface area contributed by atoms with Crippen molar-refractivity contribution in [2.45, 2.75) is 39.1 Å². The van der Waals surface area contributed by atoms with E-state index in [0.717, 1.165) is 27.8 Å². The maximum atomic E-state index is 13.0. The first-order valence-electron chi connectivity index (χ1n) is 7.42. The van der Waals surface area contributed by atoms with Crippen molar-refractivity contribution >= 4 is 10.0 Å². The van der Waals surface area contributed by atoms with Crippen LogP contribution < -0.4 is 0 Å². The van der Waals surface area contributed by atoms with Crippen LogP contribution in [0.2, 0.25) is 0 Å². The second-order valence-electron chi connectivity index (χ2n) is 5.98. The van der Waals surface area contributed by atoms with Gasteiger partial charge in [0.1, 0.15) is 5.82 Å². The summed E-state index contributed by atoms with van der Waals surface area (Å²) in [5.74, 6) is -0.333. The van der Waals surface area contributed by atoms with Crippen molar-refractivity contribution in [1.29, 1.82) is 0 Å². The van der Waals surface area contributed by atoms with Crippen LogP contribution in [0.3, 0.4) is 0 Å². The molecule has 0 bridgehead atoms. The topological polar surface area (TPSA) is 37.4 Å². The van der Waals surface area contributed by atoms with E-state index in [4.69, 9.17) is 0 Å². The predicted molar refractivity (Wildman–Crippen MR) is 90.4 cm³/mol. The van der Waals surface area contributed by atoms with Gasteiger partial charge >= 0.3 is 0 Å². The molecule has 23 heavy (non-hydrogen) atoms. The molecule has 2 rings (SSSR count). The zero-order valence-corrected chi connectivity index (χ0v) is 15.0. The Morgan fingerprint density at radius 2 is 1.43 bits per heavy atom. The van der Waals surface area contributed by atoms with Gasteiger partial charge in [-0.1, -0.05) is 18.2 Å². The number of halogens is 1. The lowest BCUT2D eigenvalue weighted by molar-refractivity contribution is 0.465. The van der Waals surface area contributed by atoms with E-state index in [1.54, 1.807) is 19.2 Å². The van der Waals surface area contributed by atoms with Gasteiger partial charge in [-0.25, -0.2) is 12.8 Å². The van der Waals surface area contributed by atoms with Crippen LogP contribution in [0, 0.1) is 33.5 Å². The van der Waals surface area contributed by atoms with Crippen LogP contribution in [-0.2, 0) is 16.6 Å². The Balaban J connectivity index is 2.44. The molecule has 0 fully saturated rings. The van der Waals surface area contributed by atoms with E-state index in [-0.39, 0.29) is 12.4 Å². The number of rotatable bonds is 4. The molecule has 0 saturated carbocycles. The van der Waals surface area contributed by atoms with Crippen LogP contribution >= 0.6 is 0 Å². The van der Waals surface area contributed by atoms with E-state index in [0.29, 0.717) is 4.90 Å². The molecule has 0 heterocycles. The first kappa shape index (κ1) is 17.6. The van der Waals surface area contributed by atoms with Crippen molar-refractivity contribution < 1.29 is 12.8 Å². The van der Waals surface area contributed by atoms with Crippen LogP contribution in [0.5, 0.6) is 0 Å². The Morgan fingerprint density at radius 3 is 1.91 bits per heavy atom. The molecular formula is C18H22FNO2S. The fraction of sp³-hybridized carbons (Fsp3) is 0.333. The molecule has 2 aromatic rings. The summed E-state index contributed by atoms with van der Waals surface area (Å²) >= 11 is 0. The van der Waals surface area contributed by atoms with Gasteiger partial charge in [-0.05, 0) is 67.6 Å². The maximum absolute atomic E-state index is 13.0. The van der Waals surface area contributed by atoms with E-state index in [1.165, 1.54) is 16.4 Å². The monoisotopic (exact) mass is 335 g/mol. The van der Waals surface area contributed by atoms with E-state index >= 15 is 0 Å². The molecule has 0 aliphatic rings. The van der Waals surface area contributed by atoms with Gasteiger partial charge in [-0.15, -0.1) is 0 Å². The zero-order chi connectivity index (χ0) is 17.4.